The number of hydrogen-bond acceptors (Lipinski definition) is 12. The molecule has 138 heavy (non-hydrogen) atoms. The Hall–Kier alpha value is -18.8. The van der Waals surface area contributed by atoms with Crippen molar-refractivity contribution in [1.82, 2.24) is 59.8 Å². The molecule has 19 aromatic carbocycles. The van der Waals surface area contributed by atoms with Gasteiger partial charge in [0.15, 0.2) is 69.9 Å². The average molecular weight is 1770 g/mol. The molecule has 23 rings (SSSR count). The molecule has 648 valence electrons. The van der Waals surface area contributed by atoms with Crippen LogP contribution in [0.1, 0.15) is 0 Å². The molecule has 0 bridgehead atoms. The third-order valence-corrected chi connectivity index (χ3v) is 24.3. The van der Waals surface area contributed by atoms with Gasteiger partial charge in [-0.05, 0) is 167 Å². The van der Waals surface area contributed by atoms with E-state index in [0.29, 0.717) is 69.9 Å². The number of aromatic nitrogens is 12. The van der Waals surface area contributed by atoms with E-state index in [1.807, 2.05) is 194 Å². The molecule has 4 aromatic heterocycles. The van der Waals surface area contributed by atoms with Crippen LogP contribution in [0.15, 0.2) is 510 Å². The molecular formula is C126H84N12. The minimum Gasteiger partial charge on any atom is -0.208 e. The van der Waals surface area contributed by atoms with Crippen LogP contribution in [0.4, 0.5) is 0 Å². The van der Waals surface area contributed by atoms with Crippen molar-refractivity contribution in [2.24, 2.45) is 0 Å². The molecule has 0 radical (unpaired) electrons. The lowest BCUT2D eigenvalue weighted by Gasteiger charge is -2.12. The Labute approximate surface area is 800 Å². The SMILES string of the molecule is c1ccc(-c2cccc(-c3cccc(-c4nc(-c5ccccc5)nc(-c5cccc(-c6cccc(-c7cccc(-c8cccc(-c9nc(-c%10ccccc%10)nc(-c%10ccccc%10)n9)c8)c7)c6)c5)n4)c3)c2)cc1.c1ccc(-c2cccc(-c3cccc(-c4nc(-c5ccccc5)nc(-c5cccc(-c6cccc(-c7cccc(-c8nc(-c9ccccc9)nc(-c9ccccc9)n8)c7)c6)c5)n4)c3)c2)cc1. The second-order valence-corrected chi connectivity index (χ2v) is 33.5. The molecule has 0 saturated heterocycles. The van der Waals surface area contributed by atoms with E-state index in [0.717, 1.165) is 145 Å². The summed E-state index contributed by atoms with van der Waals surface area (Å²) in [4.78, 5) is 60.3. The fourth-order valence-electron chi connectivity index (χ4n) is 17.3. The minimum atomic E-state index is 0.600. The highest BCUT2D eigenvalue weighted by atomic mass is 15.1. The van der Waals surface area contributed by atoms with Crippen molar-refractivity contribution in [2.75, 3.05) is 0 Å². The van der Waals surface area contributed by atoms with Gasteiger partial charge in [-0.3, -0.25) is 0 Å². The van der Waals surface area contributed by atoms with Crippen LogP contribution < -0.4 is 0 Å². The van der Waals surface area contributed by atoms with Crippen LogP contribution in [-0.4, -0.2) is 59.8 Å². The molecule has 0 fully saturated rings. The van der Waals surface area contributed by atoms with Crippen LogP contribution in [-0.2, 0) is 0 Å². The molecule has 0 aliphatic carbocycles. The largest absolute Gasteiger partial charge is 0.208 e. The lowest BCUT2D eigenvalue weighted by Crippen LogP contribution is -2.00. The van der Waals surface area contributed by atoms with Gasteiger partial charge in [-0.1, -0.05) is 443 Å². The molecule has 0 spiro atoms. The Morgan fingerprint density at radius 3 is 0.268 bits per heavy atom. The van der Waals surface area contributed by atoms with E-state index in [-0.39, 0.29) is 0 Å². The molecule has 12 heteroatoms. The van der Waals surface area contributed by atoms with Gasteiger partial charge in [-0.25, -0.2) is 59.8 Å². The van der Waals surface area contributed by atoms with Crippen molar-refractivity contribution in [3.05, 3.63) is 510 Å². The molecule has 0 unspecified atom stereocenters. The van der Waals surface area contributed by atoms with Crippen LogP contribution >= 0.6 is 0 Å². The smallest absolute Gasteiger partial charge is 0.164 e. The van der Waals surface area contributed by atoms with E-state index in [4.69, 9.17) is 59.8 Å². The van der Waals surface area contributed by atoms with Crippen molar-refractivity contribution >= 4 is 0 Å². The second kappa shape index (κ2) is 39.3. The Balaban J connectivity index is 0.000000160. The molecule has 4 heterocycles. The van der Waals surface area contributed by atoms with Crippen LogP contribution in [0, 0.1) is 0 Å². The van der Waals surface area contributed by atoms with Gasteiger partial charge in [0.1, 0.15) is 0 Å². The summed E-state index contributed by atoms with van der Waals surface area (Å²) in [7, 11) is 0. The first kappa shape index (κ1) is 84.7. The molecule has 0 aliphatic rings. The summed E-state index contributed by atoms with van der Waals surface area (Å²) in [6.07, 6.45) is 0. The third-order valence-electron chi connectivity index (χ3n) is 24.3. The first-order valence-electron chi connectivity index (χ1n) is 45.9. The molecule has 0 amide bonds. The summed E-state index contributed by atoms with van der Waals surface area (Å²) < 4.78 is 0. The number of benzene rings is 19. The average Bonchev–Trinajstić information content (AvgIpc) is 0.796. The summed E-state index contributed by atoms with van der Waals surface area (Å²) in [5.41, 5.74) is 30.9. The molecule has 0 saturated carbocycles. The van der Waals surface area contributed by atoms with Gasteiger partial charge in [-0.2, -0.15) is 0 Å². The maximum absolute atomic E-state index is 5.17. The monoisotopic (exact) mass is 1760 g/mol. The van der Waals surface area contributed by atoms with Crippen LogP contribution in [0.2, 0.25) is 0 Å². The predicted molar refractivity (Wildman–Crippen MR) is 561 cm³/mol. The summed E-state index contributed by atoms with van der Waals surface area (Å²) in [5.74, 6) is 7.42. The Kier molecular flexibility index (Phi) is 24.2. The van der Waals surface area contributed by atoms with Gasteiger partial charge in [0.25, 0.3) is 0 Å². The first-order valence-corrected chi connectivity index (χ1v) is 45.9. The van der Waals surface area contributed by atoms with Crippen molar-refractivity contribution < 1.29 is 0 Å². The van der Waals surface area contributed by atoms with E-state index in [2.05, 4.69) is 315 Å². The second-order valence-electron chi connectivity index (χ2n) is 33.5. The Bertz CT molecular complexity index is 8190. The summed E-state index contributed by atoms with van der Waals surface area (Å²) >= 11 is 0. The lowest BCUT2D eigenvalue weighted by atomic mass is 9.95. The fraction of sp³-hybridized carbons (Fsp3) is 0. The molecule has 0 atom stereocenters. The highest BCUT2D eigenvalue weighted by Crippen LogP contribution is 2.40. The molecule has 0 aliphatic heterocycles. The number of rotatable bonds is 21. The Morgan fingerprint density at radius 1 is 0.0652 bits per heavy atom. The van der Waals surface area contributed by atoms with Crippen molar-refractivity contribution in [3.63, 3.8) is 0 Å². The van der Waals surface area contributed by atoms with Gasteiger partial charge >= 0.3 is 0 Å². The predicted octanol–water partition coefficient (Wildman–Crippen LogP) is 31.1. The highest BCUT2D eigenvalue weighted by Gasteiger charge is 2.22. The third kappa shape index (κ3) is 19.2. The number of hydrogen-bond donors (Lipinski definition) is 0. The zero-order valence-electron chi connectivity index (χ0n) is 74.9. The van der Waals surface area contributed by atoms with E-state index in [9.17, 15) is 0 Å². The normalized spacial score (nSPS) is 11.0. The minimum absolute atomic E-state index is 0.600. The van der Waals surface area contributed by atoms with Crippen molar-refractivity contribution in [3.8, 4) is 237 Å². The van der Waals surface area contributed by atoms with Crippen molar-refractivity contribution in [2.45, 2.75) is 0 Å². The highest BCUT2D eigenvalue weighted by molar-refractivity contribution is 5.85. The Morgan fingerprint density at radius 2 is 0.145 bits per heavy atom. The van der Waals surface area contributed by atoms with Crippen LogP contribution in [0.25, 0.3) is 237 Å². The van der Waals surface area contributed by atoms with E-state index in [1.165, 1.54) is 22.3 Å². The van der Waals surface area contributed by atoms with E-state index >= 15 is 0 Å². The van der Waals surface area contributed by atoms with Crippen molar-refractivity contribution in [1.29, 1.82) is 0 Å². The van der Waals surface area contributed by atoms with Gasteiger partial charge in [0, 0.05) is 66.8 Å². The lowest BCUT2D eigenvalue weighted by molar-refractivity contribution is 1.07. The van der Waals surface area contributed by atoms with Gasteiger partial charge in [0.2, 0.25) is 0 Å². The van der Waals surface area contributed by atoms with Crippen LogP contribution in [0.5, 0.6) is 0 Å². The molecule has 0 N–H and O–H groups in total. The van der Waals surface area contributed by atoms with Crippen LogP contribution in [0.3, 0.4) is 0 Å². The van der Waals surface area contributed by atoms with Gasteiger partial charge < -0.3 is 0 Å². The van der Waals surface area contributed by atoms with E-state index in [1.54, 1.807) is 0 Å². The maximum atomic E-state index is 5.17. The quantitative estimate of drug-likeness (QED) is 0.0672. The van der Waals surface area contributed by atoms with Gasteiger partial charge in [-0.15, -0.1) is 0 Å². The summed E-state index contributed by atoms with van der Waals surface area (Å²) in [5, 5.41) is 0. The topological polar surface area (TPSA) is 155 Å². The van der Waals surface area contributed by atoms with E-state index < -0.39 is 0 Å². The standard InChI is InChI=1S/C66H44N6.C60H40N6/c1-5-19-45(20-6-1)49-27-13-28-50(39-49)55-33-16-37-59(42-55)65-70-63(48-25-11-4-12-26-48)71-66(72-65)60-38-18-35-57(44-60)54-32-15-30-52(41-54)51-29-14-31-53(40-51)56-34-17-36-58(43-56)64-68-61(46-21-7-2-8-22-46)67-62(69-64)47-23-9-3-10-24-47;1-5-18-41(19-6-1)45-26-13-27-46(36-45)49-30-15-34-53(38-49)59-64-57(44-24-11-4-12-25-44)65-60(66-59)54-35-17-32-51(40-54)48-29-14-28-47(37-48)50-31-16-33-52(39-50)58-62-55(42-20-7-2-8-21-42)61-56(63-58)43-22-9-3-10-23-43/h1-44H;1-40H. The summed E-state index contributed by atoms with van der Waals surface area (Å²) in [6.45, 7) is 0. The zero-order valence-corrected chi connectivity index (χ0v) is 74.9. The molecule has 23 aromatic rings. The zero-order chi connectivity index (χ0) is 92.1. The first-order chi connectivity index (χ1) is 68.3. The molecular weight excluding hydrogens is 1680 g/mol. The number of nitrogens with zero attached hydrogens (tertiary/aromatic N) is 12. The fourth-order valence-corrected chi connectivity index (χ4v) is 17.3. The maximum Gasteiger partial charge on any atom is 0.164 e. The molecule has 12 nitrogen and oxygen atoms in total. The summed E-state index contributed by atoms with van der Waals surface area (Å²) in [6, 6.07) is 175. The van der Waals surface area contributed by atoms with Gasteiger partial charge in [0.05, 0.1) is 0 Å².